The van der Waals surface area contributed by atoms with E-state index in [1.165, 1.54) is 6.07 Å². The molecule has 0 aliphatic carbocycles. The number of thioether (sulfide) groups is 1. The van der Waals surface area contributed by atoms with Gasteiger partial charge in [-0.05, 0) is 13.0 Å². The Labute approximate surface area is 173 Å². The molecule has 1 fully saturated rings. The molecule has 0 atom stereocenters. The van der Waals surface area contributed by atoms with Crippen molar-refractivity contribution in [3.63, 3.8) is 0 Å². The zero-order chi connectivity index (χ0) is 21.9. The van der Waals surface area contributed by atoms with Gasteiger partial charge in [-0.1, -0.05) is 11.8 Å². The van der Waals surface area contributed by atoms with Gasteiger partial charge in [-0.15, -0.1) is 5.10 Å². The standard InChI is InChI=1S/C17H20F6N6S/c1-11-25-15(27-29(11)10-18)30-8-12-6-13(28-4-2-16(19,20)3-5-28)7-14(26-12)24-9-17(21,22)23/h6-7H,2-5,8-10H2,1H3,(H,24,26). The molecule has 0 aromatic carbocycles. The Bertz CT molecular complexity index is 861. The molecule has 166 valence electrons. The molecular formula is C17H20F6N6S. The van der Waals surface area contributed by atoms with Crippen LogP contribution in [-0.4, -0.2) is 51.5 Å². The van der Waals surface area contributed by atoms with Crippen LogP contribution in [0.15, 0.2) is 17.3 Å². The van der Waals surface area contributed by atoms with Gasteiger partial charge in [0, 0.05) is 43.4 Å². The van der Waals surface area contributed by atoms with Crippen LogP contribution in [0.2, 0.25) is 0 Å². The maximum absolute atomic E-state index is 13.5. The van der Waals surface area contributed by atoms with Crippen molar-refractivity contribution >= 4 is 23.3 Å². The number of nitrogens with one attached hydrogen (secondary N) is 1. The molecule has 0 amide bonds. The highest BCUT2D eigenvalue weighted by atomic mass is 32.2. The van der Waals surface area contributed by atoms with E-state index in [1.54, 1.807) is 17.9 Å². The average Bonchev–Trinajstić information content (AvgIpc) is 3.04. The first kappa shape index (κ1) is 22.5. The molecule has 1 aliphatic rings. The second kappa shape index (κ2) is 8.90. The van der Waals surface area contributed by atoms with E-state index < -0.39 is 25.4 Å². The Morgan fingerprint density at radius 1 is 1.17 bits per heavy atom. The van der Waals surface area contributed by atoms with Crippen molar-refractivity contribution in [2.45, 2.75) is 49.6 Å². The lowest BCUT2D eigenvalue weighted by molar-refractivity contribution is -0.115. The highest BCUT2D eigenvalue weighted by molar-refractivity contribution is 7.98. The zero-order valence-electron chi connectivity index (χ0n) is 16.0. The van der Waals surface area contributed by atoms with E-state index in [-0.39, 0.29) is 37.5 Å². The van der Waals surface area contributed by atoms with Crippen LogP contribution in [0.4, 0.5) is 37.8 Å². The molecule has 1 aliphatic heterocycles. The van der Waals surface area contributed by atoms with Crippen molar-refractivity contribution in [3.05, 3.63) is 23.7 Å². The van der Waals surface area contributed by atoms with Crippen molar-refractivity contribution in [2.24, 2.45) is 0 Å². The number of alkyl halides is 6. The van der Waals surface area contributed by atoms with Crippen LogP contribution in [-0.2, 0) is 12.6 Å². The number of hydrogen-bond acceptors (Lipinski definition) is 6. The summed E-state index contributed by atoms with van der Waals surface area (Å²) in [6.07, 6.45) is -5.08. The summed E-state index contributed by atoms with van der Waals surface area (Å²) in [5, 5.41) is 6.51. The highest BCUT2D eigenvalue weighted by Crippen LogP contribution is 2.32. The van der Waals surface area contributed by atoms with Crippen LogP contribution in [0.25, 0.3) is 0 Å². The molecule has 0 bridgehead atoms. The summed E-state index contributed by atoms with van der Waals surface area (Å²) in [5.41, 5.74) is 0.938. The van der Waals surface area contributed by atoms with Crippen LogP contribution in [0.5, 0.6) is 0 Å². The van der Waals surface area contributed by atoms with E-state index in [0.717, 1.165) is 16.4 Å². The molecular weight excluding hydrogens is 434 g/mol. The zero-order valence-corrected chi connectivity index (χ0v) is 16.8. The number of aromatic nitrogens is 4. The third kappa shape index (κ3) is 6.16. The minimum atomic E-state index is -4.43. The molecule has 30 heavy (non-hydrogen) atoms. The number of halogens is 6. The van der Waals surface area contributed by atoms with E-state index in [0.29, 0.717) is 22.4 Å². The molecule has 13 heteroatoms. The topological polar surface area (TPSA) is 58.9 Å². The molecule has 3 rings (SSSR count). The molecule has 0 radical (unpaired) electrons. The normalized spacial score (nSPS) is 16.7. The lowest BCUT2D eigenvalue weighted by Gasteiger charge is -2.33. The van der Waals surface area contributed by atoms with E-state index in [4.69, 9.17) is 0 Å². The maximum Gasteiger partial charge on any atom is 0.405 e. The van der Waals surface area contributed by atoms with E-state index >= 15 is 0 Å². The predicted octanol–water partition coefficient (Wildman–Crippen LogP) is 4.41. The Balaban J connectivity index is 1.77. The van der Waals surface area contributed by atoms with Gasteiger partial charge in [-0.2, -0.15) is 13.2 Å². The van der Waals surface area contributed by atoms with Gasteiger partial charge in [0.1, 0.15) is 18.2 Å². The number of pyridine rings is 1. The third-order valence-electron chi connectivity index (χ3n) is 4.49. The molecule has 2 aromatic heterocycles. The number of nitrogens with zero attached hydrogens (tertiary/aromatic N) is 5. The minimum absolute atomic E-state index is 0.00353. The fraction of sp³-hybridized carbons (Fsp3) is 0.588. The van der Waals surface area contributed by atoms with Crippen LogP contribution >= 0.6 is 11.8 Å². The second-order valence-electron chi connectivity index (χ2n) is 6.86. The summed E-state index contributed by atoms with van der Waals surface area (Å²) in [7, 11) is 0. The molecule has 0 spiro atoms. The molecule has 6 nitrogen and oxygen atoms in total. The van der Waals surface area contributed by atoms with E-state index in [9.17, 15) is 26.3 Å². The van der Waals surface area contributed by atoms with Gasteiger partial charge in [0.15, 0.2) is 6.80 Å². The molecule has 1 saturated heterocycles. The van der Waals surface area contributed by atoms with Gasteiger partial charge < -0.3 is 10.2 Å². The number of piperidine rings is 1. The quantitative estimate of drug-likeness (QED) is 0.494. The molecule has 3 heterocycles. The number of hydrogen-bond donors (Lipinski definition) is 1. The molecule has 2 aromatic rings. The highest BCUT2D eigenvalue weighted by Gasteiger charge is 2.34. The van der Waals surface area contributed by atoms with Crippen molar-refractivity contribution < 1.29 is 26.3 Å². The van der Waals surface area contributed by atoms with Crippen molar-refractivity contribution in [2.75, 3.05) is 29.9 Å². The lowest BCUT2D eigenvalue weighted by Crippen LogP contribution is -2.39. The average molecular weight is 454 g/mol. The Morgan fingerprint density at radius 2 is 1.87 bits per heavy atom. The summed E-state index contributed by atoms with van der Waals surface area (Å²) < 4.78 is 78.5. The maximum atomic E-state index is 13.5. The Hall–Kier alpha value is -2.18. The van der Waals surface area contributed by atoms with Crippen LogP contribution < -0.4 is 10.2 Å². The monoisotopic (exact) mass is 454 g/mol. The smallest absolute Gasteiger partial charge is 0.371 e. The van der Waals surface area contributed by atoms with Crippen molar-refractivity contribution in [3.8, 4) is 0 Å². The van der Waals surface area contributed by atoms with Crippen LogP contribution in [0, 0.1) is 6.92 Å². The van der Waals surface area contributed by atoms with Gasteiger partial charge in [-0.25, -0.2) is 27.8 Å². The summed E-state index contributed by atoms with van der Waals surface area (Å²) in [5.74, 6) is -2.13. The van der Waals surface area contributed by atoms with Crippen LogP contribution in [0.3, 0.4) is 0 Å². The first-order chi connectivity index (χ1) is 14.0. The van der Waals surface area contributed by atoms with Crippen molar-refractivity contribution in [1.82, 2.24) is 19.7 Å². The summed E-state index contributed by atoms with van der Waals surface area (Å²) in [6, 6.07) is 3.07. The largest absolute Gasteiger partial charge is 0.405 e. The second-order valence-corrected chi connectivity index (χ2v) is 7.81. The Kier molecular flexibility index (Phi) is 6.68. The Morgan fingerprint density at radius 3 is 2.47 bits per heavy atom. The van der Waals surface area contributed by atoms with E-state index in [1.807, 2.05) is 0 Å². The lowest BCUT2D eigenvalue weighted by atomic mass is 10.1. The van der Waals surface area contributed by atoms with Crippen molar-refractivity contribution in [1.29, 1.82) is 0 Å². The first-order valence-corrected chi connectivity index (χ1v) is 10.1. The number of rotatable bonds is 7. The SMILES string of the molecule is Cc1nc(SCc2cc(N3CCC(F)(F)CC3)cc(NCC(F)(F)F)n2)nn1CF. The number of aryl methyl sites for hydroxylation is 1. The van der Waals surface area contributed by atoms with E-state index in [2.05, 4.69) is 20.4 Å². The van der Waals surface area contributed by atoms with Gasteiger partial charge in [-0.3, -0.25) is 0 Å². The first-order valence-electron chi connectivity index (χ1n) is 9.09. The molecule has 1 N–H and O–H groups in total. The fourth-order valence-electron chi connectivity index (χ4n) is 2.91. The van der Waals surface area contributed by atoms with Gasteiger partial charge in [0.05, 0.1) is 5.69 Å². The van der Waals surface area contributed by atoms with Gasteiger partial charge >= 0.3 is 6.18 Å². The van der Waals surface area contributed by atoms with Gasteiger partial charge in [0.2, 0.25) is 5.16 Å². The summed E-state index contributed by atoms with van der Waals surface area (Å²) >= 11 is 1.15. The summed E-state index contributed by atoms with van der Waals surface area (Å²) in [6.45, 7) is -0.317. The third-order valence-corrected chi connectivity index (χ3v) is 5.36. The minimum Gasteiger partial charge on any atom is -0.371 e. The number of anilines is 2. The van der Waals surface area contributed by atoms with Crippen LogP contribution in [0.1, 0.15) is 24.4 Å². The van der Waals surface area contributed by atoms with Gasteiger partial charge in [0.25, 0.3) is 5.92 Å². The molecule has 0 saturated carbocycles. The summed E-state index contributed by atoms with van der Waals surface area (Å²) in [4.78, 5) is 9.99. The predicted molar refractivity (Wildman–Crippen MR) is 101 cm³/mol. The fourth-order valence-corrected chi connectivity index (χ4v) is 3.69. The molecule has 0 unspecified atom stereocenters.